The largest absolute Gasteiger partial charge is 0.351 e. The second-order valence-corrected chi connectivity index (χ2v) is 8.62. The molecule has 0 unspecified atom stereocenters. The summed E-state index contributed by atoms with van der Waals surface area (Å²) in [5.41, 5.74) is 1.36. The number of carbonyl (C=O) groups excluding carboxylic acids is 2. The molecule has 30 heavy (non-hydrogen) atoms. The van der Waals surface area contributed by atoms with E-state index in [9.17, 15) is 18.0 Å². The molecule has 1 aromatic carbocycles. The molecule has 1 aliphatic heterocycles. The third-order valence-electron chi connectivity index (χ3n) is 4.66. The first-order valence-corrected chi connectivity index (χ1v) is 11.1. The van der Waals surface area contributed by atoms with E-state index in [0.717, 1.165) is 0 Å². The van der Waals surface area contributed by atoms with Gasteiger partial charge in [0.05, 0.1) is 10.6 Å². The lowest BCUT2D eigenvalue weighted by atomic mass is 10.2. The van der Waals surface area contributed by atoms with Crippen LogP contribution < -0.4 is 4.72 Å². The molecule has 2 aromatic rings. The zero-order valence-corrected chi connectivity index (χ0v) is 17.7. The zero-order valence-electron chi connectivity index (χ0n) is 16.9. The van der Waals surface area contributed by atoms with Crippen LogP contribution in [0.25, 0.3) is 6.08 Å². The first-order chi connectivity index (χ1) is 14.3. The van der Waals surface area contributed by atoms with Gasteiger partial charge < -0.3 is 14.3 Å². The molecule has 2 amide bonds. The molecule has 0 spiro atoms. The number of carbonyl (C=O) groups is 2. The van der Waals surface area contributed by atoms with Crippen LogP contribution in [0.2, 0.25) is 0 Å². The molecule has 0 aliphatic carbocycles. The molecule has 1 fully saturated rings. The van der Waals surface area contributed by atoms with Crippen LogP contribution in [-0.4, -0.2) is 67.9 Å². The summed E-state index contributed by atoms with van der Waals surface area (Å²) in [6.07, 6.45) is 3.09. The summed E-state index contributed by atoms with van der Waals surface area (Å²) in [6.45, 7) is 5.44. The molecule has 10 heteroatoms. The minimum absolute atomic E-state index is 0.165. The topological polar surface area (TPSA) is 113 Å². The monoisotopic (exact) mass is 432 g/mol. The van der Waals surface area contributed by atoms with Crippen molar-refractivity contribution in [2.24, 2.45) is 0 Å². The molecule has 1 aliphatic rings. The second kappa shape index (κ2) is 9.23. The van der Waals surface area contributed by atoms with E-state index < -0.39 is 10.0 Å². The van der Waals surface area contributed by atoms with Gasteiger partial charge in [-0.25, -0.2) is 13.1 Å². The quantitative estimate of drug-likeness (QED) is 0.688. The lowest BCUT2D eigenvalue weighted by molar-refractivity contribution is -0.127. The third kappa shape index (κ3) is 5.14. The Kier molecular flexibility index (Phi) is 6.68. The standard InChI is InChI=1S/C20H24N4O5S/c1-3-21-30(27,28)17-7-4-16(5-8-17)6-9-19(25)23-10-12-24(13-11-23)20(26)18-14-15(2)22-29-18/h4-9,14,21H,3,10-13H2,1-2H3/b9-6+. The van der Waals surface area contributed by atoms with Gasteiger partial charge in [-0.1, -0.05) is 24.2 Å². The summed E-state index contributed by atoms with van der Waals surface area (Å²) >= 11 is 0. The number of aromatic nitrogens is 1. The van der Waals surface area contributed by atoms with Gasteiger partial charge in [0.1, 0.15) is 0 Å². The fourth-order valence-corrected chi connectivity index (χ4v) is 4.10. The highest BCUT2D eigenvalue weighted by atomic mass is 32.2. The van der Waals surface area contributed by atoms with E-state index in [0.29, 0.717) is 44.0 Å². The molecule has 1 aromatic heterocycles. The zero-order chi connectivity index (χ0) is 21.7. The predicted octanol–water partition coefficient (Wildman–Crippen LogP) is 1.28. The number of hydrogen-bond acceptors (Lipinski definition) is 6. The van der Waals surface area contributed by atoms with Crippen LogP contribution in [-0.2, 0) is 14.8 Å². The van der Waals surface area contributed by atoms with Gasteiger partial charge in [0, 0.05) is 44.9 Å². The van der Waals surface area contributed by atoms with Gasteiger partial charge in [-0.3, -0.25) is 9.59 Å². The Hall–Kier alpha value is -2.98. The van der Waals surface area contributed by atoms with Gasteiger partial charge in [-0.15, -0.1) is 0 Å². The fraction of sp³-hybridized carbons (Fsp3) is 0.350. The molecule has 3 rings (SSSR count). The highest BCUT2D eigenvalue weighted by Gasteiger charge is 2.26. The first kappa shape index (κ1) is 21.7. The summed E-state index contributed by atoms with van der Waals surface area (Å²) < 4.78 is 31.3. The number of aryl methyl sites for hydroxylation is 1. The predicted molar refractivity (Wildman–Crippen MR) is 110 cm³/mol. The maximum absolute atomic E-state index is 12.4. The van der Waals surface area contributed by atoms with E-state index in [4.69, 9.17) is 4.52 Å². The van der Waals surface area contributed by atoms with Crippen molar-refractivity contribution in [3.8, 4) is 0 Å². The molecular weight excluding hydrogens is 408 g/mol. The first-order valence-electron chi connectivity index (χ1n) is 9.59. The second-order valence-electron chi connectivity index (χ2n) is 6.85. The number of piperazine rings is 1. The van der Waals surface area contributed by atoms with Crippen LogP contribution in [0, 0.1) is 6.92 Å². The molecule has 2 heterocycles. The lowest BCUT2D eigenvalue weighted by Gasteiger charge is -2.33. The fourth-order valence-electron chi connectivity index (χ4n) is 3.05. The lowest BCUT2D eigenvalue weighted by Crippen LogP contribution is -2.50. The highest BCUT2D eigenvalue weighted by Crippen LogP contribution is 2.13. The van der Waals surface area contributed by atoms with Gasteiger partial charge >= 0.3 is 0 Å². The maximum Gasteiger partial charge on any atom is 0.292 e. The van der Waals surface area contributed by atoms with Crippen molar-refractivity contribution in [1.82, 2.24) is 19.7 Å². The molecule has 0 saturated carbocycles. The molecule has 1 saturated heterocycles. The van der Waals surface area contributed by atoms with Crippen molar-refractivity contribution in [2.45, 2.75) is 18.7 Å². The molecular formula is C20H24N4O5S. The average molecular weight is 433 g/mol. The van der Waals surface area contributed by atoms with Crippen LogP contribution in [0.15, 0.2) is 45.8 Å². The Morgan fingerprint density at radius 3 is 2.33 bits per heavy atom. The minimum atomic E-state index is -3.50. The number of benzene rings is 1. The van der Waals surface area contributed by atoms with Crippen molar-refractivity contribution >= 4 is 27.9 Å². The highest BCUT2D eigenvalue weighted by molar-refractivity contribution is 7.89. The normalized spacial score (nSPS) is 15.0. The molecule has 0 radical (unpaired) electrons. The summed E-state index contributed by atoms with van der Waals surface area (Å²) in [5, 5.41) is 3.72. The van der Waals surface area contributed by atoms with Gasteiger partial charge in [-0.2, -0.15) is 0 Å². The van der Waals surface area contributed by atoms with Crippen LogP contribution in [0.3, 0.4) is 0 Å². The van der Waals surface area contributed by atoms with E-state index >= 15 is 0 Å². The van der Waals surface area contributed by atoms with Crippen LogP contribution in [0.5, 0.6) is 0 Å². The van der Waals surface area contributed by atoms with Crippen molar-refractivity contribution in [1.29, 1.82) is 0 Å². The van der Waals surface area contributed by atoms with Crippen LogP contribution in [0.4, 0.5) is 0 Å². The van der Waals surface area contributed by atoms with E-state index in [2.05, 4.69) is 9.88 Å². The smallest absolute Gasteiger partial charge is 0.292 e. The number of amides is 2. The van der Waals surface area contributed by atoms with E-state index in [1.807, 2.05) is 0 Å². The van der Waals surface area contributed by atoms with Crippen molar-refractivity contribution in [2.75, 3.05) is 32.7 Å². The van der Waals surface area contributed by atoms with Crippen LogP contribution in [0.1, 0.15) is 28.7 Å². The van der Waals surface area contributed by atoms with Crippen molar-refractivity contribution in [3.05, 3.63) is 53.4 Å². The Morgan fingerprint density at radius 1 is 1.13 bits per heavy atom. The average Bonchev–Trinajstić information content (AvgIpc) is 3.18. The Labute approximate surface area is 175 Å². The summed E-state index contributed by atoms with van der Waals surface area (Å²) in [4.78, 5) is 28.3. The Balaban J connectivity index is 1.54. The van der Waals surface area contributed by atoms with Crippen molar-refractivity contribution in [3.63, 3.8) is 0 Å². The summed E-state index contributed by atoms with van der Waals surface area (Å²) in [6, 6.07) is 7.88. The molecule has 1 N–H and O–H groups in total. The van der Waals surface area contributed by atoms with Gasteiger partial charge in [0.2, 0.25) is 21.7 Å². The van der Waals surface area contributed by atoms with Gasteiger partial charge in [-0.05, 0) is 30.7 Å². The minimum Gasteiger partial charge on any atom is -0.351 e. The Morgan fingerprint density at radius 2 is 1.77 bits per heavy atom. The van der Waals surface area contributed by atoms with Gasteiger partial charge in [0.15, 0.2) is 0 Å². The van der Waals surface area contributed by atoms with Gasteiger partial charge in [0.25, 0.3) is 5.91 Å². The Bertz CT molecular complexity index is 1040. The van der Waals surface area contributed by atoms with E-state index in [1.54, 1.807) is 47.9 Å². The molecule has 9 nitrogen and oxygen atoms in total. The SMILES string of the molecule is CCNS(=O)(=O)c1ccc(/C=C/C(=O)N2CCN(C(=O)c3cc(C)no3)CC2)cc1. The summed E-state index contributed by atoms with van der Waals surface area (Å²) in [5.74, 6) is -0.195. The number of nitrogens with zero attached hydrogens (tertiary/aromatic N) is 3. The summed E-state index contributed by atoms with van der Waals surface area (Å²) in [7, 11) is -3.50. The number of sulfonamides is 1. The molecule has 0 atom stereocenters. The van der Waals surface area contributed by atoms with E-state index in [1.165, 1.54) is 18.2 Å². The molecule has 0 bridgehead atoms. The maximum atomic E-state index is 12.4. The van der Waals surface area contributed by atoms with Crippen molar-refractivity contribution < 1.29 is 22.5 Å². The number of nitrogens with one attached hydrogen (secondary N) is 1. The molecule has 160 valence electrons. The van der Waals surface area contributed by atoms with E-state index in [-0.39, 0.29) is 22.5 Å². The number of hydrogen-bond donors (Lipinski definition) is 1. The van der Waals surface area contributed by atoms with Crippen LogP contribution >= 0.6 is 0 Å². The third-order valence-corrected chi connectivity index (χ3v) is 6.22. The number of rotatable bonds is 6.